The molecule has 0 fully saturated rings. The Kier molecular flexibility index (Phi) is 7.91. The highest BCUT2D eigenvalue weighted by atomic mass is 16.3. The Hall–Kier alpha value is -8.93. The molecular weight excluding hydrogens is 805 g/mol. The summed E-state index contributed by atoms with van der Waals surface area (Å²) in [4.78, 5) is 16.4. The lowest BCUT2D eigenvalue weighted by Gasteiger charge is -2.16. The van der Waals surface area contributed by atoms with Crippen LogP contribution in [-0.4, -0.2) is 19.5 Å². The van der Waals surface area contributed by atoms with Crippen molar-refractivity contribution in [2.24, 2.45) is 0 Å². The summed E-state index contributed by atoms with van der Waals surface area (Å²) >= 11 is 0. The van der Waals surface area contributed by atoms with Crippen LogP contribution < -0.4 is 0 Å². The van der Waals surface area contributed by atoms with Crippen LogP contribution >= 0.6 is 0 Å². The number of hydrogen-bond acceptors (Lipinski definition) is 4. The molecule has 66 heavy (non-hydrogen) atoms. The van der Waals surface area contributed by atoms with Crippen molar-refractivity contribution in [2.75, 3.05) is 0 Å². The third-order valence-corrected chi connectivity index (χ3v) is 13.4. The van der Waals surface area contributed by atoms with E-state index in [0.29, 0.717) is 17.5 Å². The molecule has 0 bridgehead atoms. The number of nitrogens with zero attached hydrogens (tertiary/aromatic N) is 4. The Morgan fingerprint density at radius 1 is 0.303 bits per heavy atom. The zero-order chi connectivity index (χ0) is 43.3. The molecule has 0 saturated heterocycles. The van der Waals surface area contributed by atoms with E-state index in [1.807, 2.05) is 18.2 Å². The first-order valence-electron chi connectivity index (χ1n) is 22.3. The maximum absolute atomic E-state index is 6.67. The molecule has 14 aromatic rings. The minimum absolute atomic E-state index is 0.558. The largest absolute Gasteiger partial charge is 0.456 e. The second-order valence-corrected chi connectivity index (χ2v) is 17.1. The molecule has 0 saturated carbocycles. The summed E-state index contributed by atoms with van der Waals surface area (Å²) in [6.45, 7) is 0. The monoisotopic (exact) mass is 840 g/mol. The first-order valence-corrected chi connectivity index (χ1v) is 22.3. The smallest absolute Gasteiger partial charge is 0.166 e. The fraction of sp³-hybridized carbons (Fsp3) is 0. The van der Waals surface area contributed by atoms with Gasteiger partial charge in [0, 0.05) is 32.7 Å². The molecule has 14 rings (SSSR count). The summed E-state index contributed by atoms with van der Waals surface area (Å²) in [5.41, 5.74) is 9.59. The van der Waals surface area contributed by atoms with Gasteiger partial charge in [-0.3, -0.25) is 0 Å². The summed E-state index contributed by atoms with van der Waals surface area (Å²) in [5, 5.41) is 13.8. The summed E-state index contributed by atoms with van der Waals surface area (Å²) in [7, 11) is 0. The van der Waals surface area contributed by atoms with E-state index in [-0.39, 0.29) is 0 Å². The molecule has 3 heterocycles. The van der Waals surface area contributed by atoms with E-state index < -0.39 is 0 Å². The first-order chi connectivity index (χ1) is 32.7. The van der Waals surface area contributed by atoms with Crippen molar-refractivity contribution in [3.05, 3.63) is 218 Å². The highest BCUT2D eigenvalue weighted by Crippen LogP contribution is 2.45. The summed E-state index contributed by atoms with van der Waals surface area (Å²) in [6.07, 6.45) is 0. The van der Waals surface area contributed by atoms with Crippen LogP contribution in [0.25, 0.3) is 138 Å². The Morgan fingerprint density at radius 3 is 1.74 bits per heavy atom. The van der Waals surface area contributed by atoms with Crippen LogP contribution in [0.2, 0.25) is 0 Å². The highest BCUT2D eigenvalue weighted by Gasteiger charge is 2.25. The van der Waals surface area contributed by atoms with Gasteiger partial charge in [0.15, 0.2) is 17.5 Å². The molecule has 0 aliphatic rings. The number of rotatable bonds is 5. The quantitative estimate of drug-likeness (QED) is 0.162. The standard InChI is InChI=1S/C61H36N4O/c1-2-13-37(14-3-1)40-19-12-20-44(33-40)59-62-60(45-27-29-47-43(34-45)26-25-38-15-6-8-21-46(38)47)64-61(63-59)58-52(31-32-55-57(58)49-23-10-11-24-54(49)66-55)65-51-30-28-39-16-7-9-22-48(39)56(51)50-35-41-17-4-5-18-42(41)36-53(50)65/h1-36H. The van der Waals surface area contributed by atoms with E-state index in [1.165, 1.54) is 48.5 Å². The van der Waals surface area contributed by atoms with Gasteiger partial charge in [0.05, 0.1) is 22.3 Å². The minimum atomic E-state index is 0.558. The van der Waals surface area contributed by atoms with Crippen LogP contribution in [-0.2, 0) is 0 Å². The van der Waals surface area contributed by atoms with Crippen molar-refractivity contribution in [3.8, 4) is 51.0 Å². The average molecular weight is 841 g/mol. The average Bonchev–Trinajstić information content (AvgIpc) is 3.93. The van der Waals surface area contributed by atoms with E-state index >= 15 is 0 Å². The lowest BCUT2D eigenvalue weighted by atomic mass is 9.99. The van der Waals surface area contributed by atoms with Gasteiger partial charge in [-0.2, -0.15) is 0 Å². The van der Waals surface area contributed by atoms with Crippen molar-refractivity contribution in [1.29, 1.82) is 0 Å². The number of para-hydroxylation sites is 1. The summed E-state index contributed by atoms with van der Waals surface area (Å²) < 4.78 is 9.09. The third-order valence-electron chi connectivity index (χ3n) is 13.4. The number of fused-ring (bicyclic) bond motifs is 12. The lowest BCUT2D eigenvalue weighted by Crippen LogP contribution is -2.04. The Balaban J connectivity index is 1.11. The van der Waals surface area contributed by atoms with Crippen LogP contribution in [0, 0.1) is 0 Å². The van der Waals surface area contributed by atoms with Gasteiger partial charge < -0.3 is 8.98 Å². The fourth-order valence-electron chi connectivity index (χ4n) is 10.3. The Labute approximate surface area is 378 Å². The molecule has 11 aromatic carbocycles. The predicted molar refractivity (Wildman–Crippen MR) is 273 cm³/mol. The lowest BCUT2D eigenvalue weighted by molar-refractivity contribution is 0.669. The highest BCUT2D eigenvalue weighted by molar-refractivity contribution is 6.24. The number of hydrogen-bond donors (Lipinski definition) is 0. The number of furan rings is 1. The Morgan fingerprint density at radius 2 is 0.909 bits per heavy atom. The first kappa shape index (κ1) is 36.5. The van der Waals surface area contributed by atoms with Gasteiger partial charge in [-0.05, 0) is 103 Å². The molecule has 306 valence electrons. The van der Waals surface area contributed by atoms with Crippen LogP contribution in [0.5, 0.6) is 0 Å². The maximum atomic E-state index is 6.67. The van der Waals surface area contributed by atoms with Gasteiger partial charge in [-0.1, -0.05) is 170 Å². The van der Waals surface area contributed by atoms with Gasteiger partial charge in [-0.25, -0.2) is 15.0 Å². The van der Waals surface area contributed by atoms with Crippen molar-refractivity contribution in [2.45, 2.75) is 0 Å². The second-order valence-electron chi connectivity index (χ2n) is 17.1. The van der Waals surface area contributed by atoms with Crippen molar-refractivity contribution in [3.63, 3.8) is 0 Å². The molecule has 0 N–H and O–H groups in total. The van der Waals surface area contributed by atoms with Crippen LogP contribution in [0.15, 0.2) is 223 Å². The van der Waals surface area contributed by atoms with E-state index in [2.05, 4.69) is 205 Å². The van der Waals surface area contributed by atoms with Gasteiger partial charge in [0.2, 0.25) is 0 Å². The third kappa shape index (κ3) is 5.63. The normalized spacial score (nSPS) is 11.9. The van der Waals surface area contributed by atoms with Crippen LogP contribution in [0.4, 0.5) is 0 Å². The van der Waals surface area contributed by atoms with Crippen LogP contribution in [0.1, 0.15) is 0 Å². The SMILES string of the molecule is c1ccc(-c2cccc(-c3nc(-c4ccc5c(ccc6ccccc65)c4)nc(-c4c(-n5c6cc7ccccc7cc6c6c7ccccc7ccc65)ccc5oc6ccccc6c45)n3)c2)cc1. The van der Waals surface area contributed by atoms with Crippen molar-refractivity contribution < 1.29 is 4.42 Å². The van der Waals surface area contributed by atoms with E-state index in [0.717, 1.165) is 71.9 Å². The van der Waals surface area contributed by atoms with E-state index in [1.54, 1.807) is 0 Å². The van der Waals surface area contributed by atoms with E-state index in [9.17, 15) is 0 Å². The van der Waals surface area contributed by atoms with E-state index in [4.69, 9.17) is 19.4 Å². The Bertz CT molecular complexity index is 4300. The molecule has 3 aromatic heterocycles. The molecule has 0 unspecified atom stereocenters. The fourth-order valence-corrected chi connectivity index (χ4v) is 10.3. The summed E-state index contributed by atoms with van der Waals surface area (Å²) in [5.74, 6) is 1.73. The molecule has 5 heteroatoms. The number of benzene rings is 11. The summed E-state index contributed by atoms with van der Waals surface area (Å²) in [6, 6.07) is 77.5. The van der Waals surface area contributed by atoms with Gasteiger partial charge >= 0.3 is 0 Å². The molecule has 0 aliphatic carbocycles. The second kappa shape index (κ2) is 14.3. The molecular formula is C61H36N4O. The van der Waals surface area contributed by atoms with Crippen molar-refractivity contribution in [1.82, 2.24) is 19.5 Å². The molecule has 0 atom stereocenters. The minimum Gasteiger partial charge on any atom is -0.456 e. The van der Waals surface area contributed by atoms with Gasteiger partial charge in [-0.15, -0.1) is 0 Å². The van der Waals surface area contributed by atoms with Gasteiger partial charge in [0.1, 0.15) is 11.2 Å². The maximum Gasteiger partial charge on any atom is 0.166 e. The molecule has 0 radical (unpaired) electrons. The van der Waals surface area contributed by atoms with Crippen molar-refractivity contribution >= 4 is 86.8 Å². The van der Waals surface area contributed by atoms with Crippen LogP contribution in [0.3, 0.4) is 0 Å². The molecule has 0 aliphatic heterocycles. The molecule has 5 nitrogen and oxygen atoms in total. The predicted octanol–water partition coefficient (Wildman–Crippen LogP) is 16.1. The molecule has 0 amide bonds. The zero-order valence-corrected chi connectivity index (χ0v) is 35.5. The molecule has 0 spiro atoms. The number of aromatic nitrogens is 4. The van der Waals surface area contributed by atoms with Gasteiger partial charge in [0.25, 0.3) is 0 Å². The topological polar surface area (TPSA) is 56.7 Å². The zero-order valence-electron chi connectivity index (χ0n) is 35.5.